The maximum Gasteiger partial charge on any atom is 0.318 e. The fourth-order valence-electron chi connectivity index (χ4n) is 1.52. The van der Waals surface area contributed by atoms with Crippen LogP contribution in [0, 0.1) is 5.41 Å². The molecule has 4 N–H and O–H groups in total. The number of nitrogens with one attached hydrogen (secondary N) is 1. The lowest BCUT2D eigenvalue weighted by Gasteiger charge is -2.11. The summed E-state index contributed by atoms with van der Waals surface area (Å²) in [6.45, 7) is 0. The highest BCUT2D eigenvalue weighted by molar-refractivity contribution is 7.99. The Hall–Kier alpha value is -1.24. The summed E-state index contributed by atoms with van der Waals surface area (Å²) in [5, 5.41) is 10.7. The van der Waals surface area contributed by atoms with Gasteiger partial charge in [0.05, 0.1) is 6.42 Å². The monoisotopic (exact) mass is 260 g/mol. The van der Waals surface area contributed by atoms with Crippen molar-refractivity contribution >= 4 is 29.7 Å². The summed E-state index contributed by atoms with van der Waals surface area (Å²) in [4.78, 5) is 32.0. The lowest BCUT2D eigenvalue weighted by Crippen LogP contribution is -2.35. The third kappa shape index (κ3) is 5.58. The Labute approximate surface area is 103 Å². The van der Waals surface area contributed by atoms with Crippen LogP contribution >= 0.6 is 11.8 Å². The molecule has 3 amide bonds. The highest BCUT2D eigenvalue weighted by Crippen LogP contribution is 2.50. The van der Waals surface area contributed by atoms with Crippen LogP contribution in [-0.2, 0) is 9.59 Å². The van der Waals surface area contributed by atoms with E-state index in [1.54, 1.807) is 11.8 Å². The van der Waals surface area contributed by atoms with Crippen molar-refractivity contribution in [2.24, 2.45) is 11.1 Å². The summed E-state index contributed by atoms with van der Waals surface area (Å²) in [7, 11) is 0. The molecule has 0 radical (unpaired) electrons. The minimum atomic E-state index is -0.843. The summed E-state index contributed by atoms with van der Waals surface area (Å²) in [6.07, 6.45) is 2.31. The number of urea groups is 1. The predicted octanol–water partition coefficient (Wildman–Crippen LogP) is 0.559. The Balaban J connectivity index is 2.10. The van der Waals surface area contributed by atoms with E-state index in [1.807, 2.05) is 5.32 Å². The Morgan fingerprint density at radius 2 is 2.00 bits per heavy atom. The zero-order valence-electron chi connectivity index (χ0n) is 9.40. The van der Waals surface area contributed by atoms with Crippen LogP contribution in [0.15, 0.2) is 0 Å². The van der Waals surface area contributed by atoms with E-state index in [2.05, 4.69) is 0 Å². The van der Waals surface area contributed by atoms with Gasteiger partial charge in [0.25, 0.3) is 0 Å². The molecule has 0 saturated heterocycles. The van der Waals surface area contributed by atoms with Crippen LogP contribution in [0.5, 0.6) is 0 Å². The van der Waals surface area contributed by atoms with Crippen molar-refractivity contribution in [3.05, 3.63) is 0 Å². The van der Waals surface area contributed by atoms with E-state index in [4.69, 9.17) is 10.8 Å². The van der Waals surface area contributed by atoms with Crippen LogP contribution in [0.2, 0.25) is 0 Å². The molecule has 96 valence electrons. The molecular formula is C10H16N2O4S. The Kier molecular flexibility index (Phi) is 4.80. The van der Waals surface area contributed by atoms with E-state index in [0.717, 1.165) is 18.6 Å². The van der Waals surface area contributed by atoms with Crippen molar-refractivity contribution in [1.29, 1.82) is 0 Å². The van der Waals surface area contributed by atoms with Gasteiger partial charge in [-0.2, -0.15) is 11.8 Å². The molecule has 0 atom stereocenters. The molecular weight excluding hydrogens is 244 g/mol. The summed E-state index contributed by atoms with van der Waals surface area (Å²) in [5.41, 5.74) is 4.73. The number of carboxylic acids is 1. The maximum atomic E-state index is 11.1. The molecule has 6 nitrogen and oxygen atoms in total. The van der Waals surface area contributed by atoms with Crippen LogP contribution in [0.1, 0.15) is 25.7 Å². The average molecular weight is 260 g/mol. The number of aliphatic carboxylic acids is 1. The predicted molar refractivity (Wildman–Crippen MR) is 63.6 cm³/mol. The number of hydrogen-bond donors (Lipinski definition) is 3. The Morgan fingerprint density at radius 3 is 2.47 bits per heavy atom. The van der Waals surface area contributed by atoms with Crippen molar-refractivity contribution in [3.63, 3.8) is 0 Å². The first kappa shape index (κ1) is 13.8. The van der Waals surface area contributed by atoms with Gasteiger partial charge < -0.3 is 10.8 Å². The molecule has 0 aromatic rings. The van der Waals surface area contributed by atoms with E-state index < -0.39 is 17.9 Å². The normalized spacial score (nSPS) is 16.2. The van der Waals surface area contributed by atoms with Gasteiger partial charge in [0.2, 0.25) is 5.91 Å². The maximum absolute atomic E-state index is 11.1. The van der Waals surface area contributed by atoms with Crippen LogP contribution in [-0.4, -0.2) is 34.5 Å². The Bertz CT molecular complexity index is 328. The molecule has 0 spiro atoms. The number of imide groups is 1. The van der Waals surface area contributed by atoms with E-state index in [1.165, 1.54) is 0 Å². The molecule has 0 unspecified atom stereocenters. The van der Waals surface area contributed by atoms with Gasteiger partial charge in [0.15, 0.2) is 0 Å². The lowest BCUT2D eigenvalue weighted by molar-refractivity contribution is -0.138. The standard InChI is InChI=1S/C10H16N2O4S/c11-9(16)12-7(13)1-4-17-6-10(2-3-10)5-8(14)15/h1-6H2,(H,14,15)(H3,11,12,13,16). The van der Waals surface area contributed by atoms with Gasteiger partial charge >= 0.3 is 12.0 Å². The zero-order chi connectivity index (χ0) is 12.9. The van der Waals surface area contributed by atoms with E-state index in [-0.39, 0.29) is 18.3 Å². The van der Waals surface area contributed by atoms with Crippen molar-refractivity contribution in [3.8, 4) is 0 Å². The van der Waals surface area contributed by atoms with E-state index in [9.17, 15) is 14.4 Å². The summed E-state index contributed by atoms with van der Waals surface area (Å²) >= 11 is 1.54. The molecule has 0 aliphatic heterocycles. The second kappa shape index (κ2) is 5.90. The van der Waals surface area contributed by atoms with Gasteiger partial charge in [-0.05, 0) is 24.0 Å². The molecule has 1 fully saturated rings. The van der Waals surface area contributed by atoms with Crippen LogP contribution in [0.25, 0.3) is 0 Å². The lowest BCUT2D eigenvalue weighted by atomic mass is 10.1. The largest absolute Gasteiger partial charge is 0.481 e. The number of nitrogens with two attached hydrogens (primary N) is 1. The van der Waals surface area contributed by atoms with Gasteiger partial charge in [-0.3, -0.25) is 14.9 Å². The first-order chi connectivity index (χ1) is 7.93. The van der Waals surface area contributed by atoms with E-state index in [0.29, 0.717) is 5.75 Å². The third-order valence-electron chi connectivity index (χ3n) is 2.63. The van der Waals surface area contributed by atoms with Crippen molar-refractivity contribution in [2.45, 2.75) is 25.7 Å². The molecule has 7 heteroatoms. The SMILES string of the molecule is NC(=O)NC(=O)CCSCC1(CC(=O)O)CC1. The minimum Gasteiger partial charge on any atom is -0.481 e. The number of primary amides is 1. The molecule has 0 heterocycles. The molecule has 0 bridgehead atoms. The van der Waals surface area contributed by atoms with Gasteiger partial charge in [-0.25, -0.2) is 4.79 Å². The minimum absolute atomic E-state index is 0.0589. The van der Waals surface area contributed by atoms with Gasteiger partial charge in [-0.15, -0.1) is 0 Å². The summed E-state index contributed by atoms with van der Waals surface area (Å²) < 4.78 is 0. The van der Waals surface area contributed by atoms with Gasteiger partial charge in [0.1, 0.15) is 0 Å². The number of hydrogen-bond acceptors (Lipinski definition) is 4. The van der Waals surface area contributed by atoms with Gasteiger partial charge in [-0.1, -0.05) is 0 Å². The molecule has 1 saturated carbocycles. The van der Waals surface area contributed by atoms with Gasteiger partial charge in [0, 0.05) is 12.2 Å². The molecule has 0 aromatic heterocycles. The molecule has 1 aliphatic rings. The number of carboxylic acid groups (broad SMARTS) is 1. The average Bonchev–Trinajstić information content (AvgIpc) is 2.91. The smallest absolute Gasteiger partial charge is 0.318 e. The third-order valence-corrected chi connectivity index (χ3v) is 3.94. The fourth-order valence-corrected chi connectivity index (χ4v) is 2.82. The first-order valence-corrected chi connectivity index (χ1v) is 6.48. The van der Waals surface area contributed by atoms with Crippen molar-refractivity contribution in [2.75, 3.05) is 11.5 Å². The van der Waals surface area contributed by atoms with Crippen LogP contribution < -0.4 is 11.1 Å². The summed E-state index contributed by atoms with van der Waals surface area (Å²) in [5.74, 6) is 0.159. The van der Waals surface area contributed by atoms with Crippen LogP contribution in [0.3, 0.4) is 0 Å². The number of thioether (sulfide) groups is 1. The number of amides is 3. The molecule has 0 aromatic carbocycles. The molecule has 1 rings (SSSR count). The number of rotatable bonds is 7. The quantitative estimate of drug-likeness (QED) is 0.579. The highest BCUT2D eigenvalue weighted by Gasteiger charge is 2.43. The molecule has 1 aliphatic carbocycles. The second-order valence-corrected chi connectivity index (χ2v) is 5.39. The number of carbonyl (C=O) groups is 3. The topological polar surface area (TPSA) is 109 Å². The highest BCUT2D eigenvalue weighted by atomic mass is 32.2. The van der Waals surface area contributed by atoms with Crippen molar-refractivity contribution in [1.82, 2.24) is 5.32 Å². The molecule has 17 heavy (non-hydrogen) atoms. The van der Waals surface area contributed by atoms with Crippen molar-refractivity contribution < 1.29 is 19.5 Å². The summed E-state index contributed by atoms with van der Waals surface area (Å²) in [6, 6.07) is -0.843. The first-order valence-electron chi connectivity index (χ1n) is 5.32. The van der Waals surface area contributed by atoms with Crippen LogP contribution in [0.4, 0.5) is 4.79 Å². The Morgan fingerprint density at radius 1 is 1.35 bits per heavy atom. The zero-order valence-corrected chi connectivity index (χ0v) is 10.2. The fraction of sp³-hybridized carbons (Fsp3) is 0.700. The van der Waals surface area contributed by atoms with E-state index >= 15 is 0 Å². The second-order valence-electron chi connectivity index (χ2n) is 4.29. The number of carbonyl (C=O) groups excluding carboxylic acids is 2.